The lowest BCUT2D eigenvalue weighted by Gasteiger charge is -2.24. The van der Waals surface area contributed by atoms with Gasteiger partial charge in [0.05, 0.1) is 13.2 Å². The van der Waals surface area contributed by atoms with E-state index < -0.39 is 17.4 Å². The molecule has 0 spiro atoms. The van der Waals surface area contributed by atoms with E-state index in [9.17, 15) is 14.7 Å². The maximum Gasteiger partial charge on any atom is 0.323 e. The smallest absolute Gasteiger partial charge is 0.323 e. The Labute approximate surface area is 107 Å². The van der Waals surface area contributed by atoms with Crippen LogP contribution in [0.5, 0.6) is 0 Å². The standard InChI is InChI=1S/C13H20O5/c1-4-17-11(15)13(12(16)18-5-2)6-9(3)10(7-13)8-14/h10,14H,3-8H2,1-2H3. The van der Waals surface area contributed by atoms with Crippen LogP contribution in [0, 0.1) is 11.3 Å². The summed E-state index contributed by atoms with van der Waals surface area (Å²) < 4.78 is 9.95. The number of esters is 2. The maximum atomic E-state index is 12.0. The van der Waals surface area contributed by atoms with E-state index in [2.05, 4.69) is 6.58 Å². The van der Waals surface area contributed by atoms with E-state index in [1.807, 2.05) is 0 Å². The second-order valence-corrected chi connectivity index (χ2v) is 4.44. The zero-order chi connectivity index (χ0) is 13.8. The monoisotopic (exact) mass is 256 g/mol. The summed E-state index contributed by atoms with van der Waals surface area (Å²) in [6.07, 6.45) is 0.399. The van der Waals surface area contributed by atoms with Gasteiger partial charge in [0.15, 0.2) is 5.41 Å². The van der Waals surface area contributed by atoms with E-state index in [0.29, 0.717) is 5.57 Å². The molecule has 1 rings (SSSR count). The molecule has 0 aromatic carbocycles. The highest BCUT2D eigenvalue weighted by atomic mass is 16.6. The van der Waals surface area contributed by atoms with Crippen molar-refractivity contribution in [2.24, 2.45) is 11.3 Å². The fourth-order valence-electron chi connectivity index (χ4n) is 2.30. The fourth-order valence-corrected chi connectivity index (χ4v) is 2.30. The van der Waals surface area contributed by atoms with Crippen molar-refractivity contribution in [1.29, 1.82) is 0 Å². The highest BCUT2D eigenvalue weighted by Gasteiger charge is 2.55. The molecule has 0 aromatic rings. The second-order valence-electron chi connectivity index (χ2n) is 4.44. The van der Waals surface area contributed by atoms with Crippen molar-refractivity contribution in [3.05, 3.63) is 12.2 Å². The first-order chi connectivity index (χ1) is 8.51. The van der Waals surface area contributed by atoms with E-state index in [1.54, 1.807) is 13.8 Å². The molecule has 0 radical (unpaired) electrons. The molecule has 18 heavy (non-hydrogen) atoms. The van der Waals surface area contributed by atoms with Gasteiger partial charge in [-0.1, -0.05) is 12.2 Å². The third kappa shape index (κ3) is 2.56. The van der Waals surface area contributed by atoms with Crippen LogP contribution in [0.25, 0.3) is 0 Å². The number of ether oxygens (including phenoxy) is 2. The minimum atomic E-state index is -1.32. The number of carbonyl (C=O) groups excluding carboxylic acids is 2. The van der Waals surface area contributed by atoms with Crippen LogP contribution in [0.3, 0.4) is 0 Å². The van der Waals surface area contributed by atoms with Gasteiger partial charge in [0.2, 0.25) is 0 Å². The summed E-state index contributed by atoms with van der Waals surface area (Å²) >= 11 is 0. The summed E-state index contributed by atoms with van der Waals surface area (Å²) in [7, 11) is 0. The van der Waals surface area contributed by atoms with E-state index in [1.165, 1.54) is 0 Å². The molecule has 5 heteroatoms. The Morgan fingerprint density at radius 1 is 1.33 bits per heavy atom. The van der Waals surface area contributed by atoms with Crippen LogP contribution in [-0.2, 0) is 19.1 Å². The number of carbonyl (C=O) groups is 2. The topological polar surface area (TPSA) is 72.8 Å². The van der Waals surface area contributed by atoms with Crippen molar-refractivity contribution < 1.29 is 24.2 Å². The minimum Gasteiger partial charge on any atom is -0.465 e. The van der Waals surface area contributed by atoms with Gasteiger partial charge in [0.1, 0.15) is 0 Å². The Kier molecular flexibility index (Phi) is 4.90. The first-order valence-electron chi connectivity index (χ1n) is 6.14. The Balaban J connectivity index is 3.00. The zero-order valence-electron chi connectivity index (χ0n) is 10.9. The fraction of sp³-hybridized carbons (Fsp3) is 0.692. The second kappa shape index (κ2) is 6.00. The molecule has 0 amide bonds. The van der Waals surface area contributed by atoms with Crippen molar-refractivity contribution >= 4 is 11.9 Å². The average Bonchev–Trinajstić information content (AvgIpc) is 2.68. The summed E-state index contributed by atoms with van der Waals surface area (Å²) in [6.45, 7) is 7.46. The summed E-state index contributed by atoms with van der Waals surface area (Å²) in [6, 6.07) is 0. The first kappa shape index (κ1) is 14.7. The molecule has 5 nitrogen and oxygen atoms in total. The van der Waals surface area contributed by atoms with Crippen molar-refractivity contribution in [2.45, 2.75) is 26.7 Å². The molecule has 1 fully saturated rings. The van der Waals surface area contributed by atoms with Crippen LogP contribution in [0.4, 0.5) is 0 Å². The predicted octanol–water partition coefficient (Wildman–Crippen LogP) is 1.06. The van der Waals surface area contributed by atoms with Crippen LogP contribution in [0.2, 0.25) is 0 Å². The molecule has 1 N–H and O–H groups in total. The van der Waals surface area contributed by atoms with Crippen LogP contribution in [0.15, 0.2) is 12.2 Å². The molecule has 0 bridgehead atoms. The lowest BCUT2D eigenvalue weighted by Crippen LogP contribution is -2.40. The van der Waals surface area contributed by atoms with Gasteiger partial charge in [-0.3, -0.25) is 9.59 Å². The highest BCUT2D eigenvalue weighted by Crippen LogP contribution is 2.46. The zero-order valence-corrected chi connectivity index (χ0v) is 10.9. The van der Waals surface area contributed by atoms with Gasteiger partial charge in [-0.25, -0.2) is 0 Å². The number of hydrogen-bond donors (Lipinski definition) is 1. The molecule has 0 heterocycles. The van der Waals surface area contributed by atoms with Crippen molar-refractivity contribution in [2.75, 3.05) is 19.8 Å². The van der Waals surface area contributed by atoms with Gasteiger partial charge in [0.25, 0.3) is 0 Å². The van der Waals surface area contributed by atoms with Crippen molar-refractivity contribution in [3.63, 3.8) is 0 Å². The van der Waals surface area contributed by atoms with Crippen molar-refractivity contribution in [1.82, 2.24) is 0 Å². The van der Waals surface area contributed by atoms with Gasteiger partial charge in [-0.2, -0.15) is 0 Å². The summed E-state index contributed by atoms with van der Waals surface area (Å²) in [4.78, 5) is 24.1. The molecular weight excluding hydrogens is 236 g/mol. The molecule has 1 unspecified atom stereocenters. The number of aliphatic hydroxyl groups is 1. The van der Waals surface area contributed by atoms with Gasteiger partial charge in [-0.15, -0.1) is 0 Å². The lowest BCUT2D eigenvalue weighted by molar-refractivity contribution is -0.171. The molecule has 0 saturated heterocycles. The maximum absolute atomic E-state index is 12.0. The largest absolute Gasteiger partial charge is 0.465 e. The molecule has 0 aromatic heterocycles. The average molecular weight is 256 g/mol. The molecule has 1 aliphatic carbocycles. The summed E-state index contributed by atoms with van der Waals surface area (Å²) in [5.41, 5.74) is -0.630. The molecule has 1 aliphatic rings. The van der Waals surface area contributed by atoms with E-state index in [0.717, 1.165) is 0 Å². The molecule has 102 valence electrons. The Hall–Kier alpha value is -1.36. The Morgan fingerprint density at radius 2 is 1.83 bits per heavy atom. The first-order valence-corrected chi connectivity index (χ1v) is 6.14. The SMILES string of the molecule is C=C1CC(C(=O)OCC)(C(=O)OCC)CC1CO. The molecule has 1 atom stereocenters. The minimum absolute atomic E-state index is 0.126. The van der Waals surface area contributed by atoms with Crippen LogP contribution in [0.1, 0.15) is 26.7 Å². The van der Waals surface area contributed by atoms with Gasteiger partial charge < -0.3 is 14.6 Å². The number of rotatable bonds is 5. The number of hydrogen-bond acceptors (Lipinski definition) is 5. The molecule has 0 aliphatic heterocycles. The van der Waals surface area contributed by atoms with E-state index in [-0.39, 0.29) is 38.6 Å². The van der Waals surface area contributed by atoms with Gasteiger partial charge in [-0.05, 0) is 26.7 Å². The predicted molar refractivity (Wildman–Crippen MR) is 64.6 cm³/mol. The summed E-state index contributed by atoms with van der Waals surface area (Å²) in [5, 5.41) is 9.23. The van der Waals surface area contributed by atoms with Crippen molar-refractivity contribution in [3.8, 4) is 0 Å². The normalized spacial score (nSPS) is 21.7. The van der Waals surface area contributed by atoms with Crippen LogP contribution in [-0.4, -0.2) is 36.9 Å². The third-order valence-electron chi connectivity index (χ3n) is 3.25. The van der Waals surface area contributed by atoms with E-state index >= 15 is 0 Å². The summed E-state index contributed by atoms with van der Waals surface area (Å²) in [5.74, 6) is -1.42. The third-order valence-corrected chi connectivity index (χ3v) is 3.25. The van der Waals surface area contributed by atoms with Gasteiger partial charge in [0, 0.05) is 12.5 Å². The quantitative estimate of drug-likeness (QED) is 0.452. The molecule has 1 saturated carbocycles. The number of aliphatic hydroxyl groups excluding tert-OH is 1. The lowest BCUT2D eigenvalue weighted by atomic mass is 9.85. The van der Waals surface area contributed by atoms with E-state index in [4.69, 9.17) is 9.47 Å². The highest BCUT2D eigenvalue weighted by molar-refractivity contribution is 6.01. The Bertz CT molecular complexity index is 329. The molecular formula is C13H20O5. The van der Waals surface area contributed by atoms with Gasteiger partial charge >= 0.3 is 11.9 Å². The Morgan fingerprint density at radius 3 is 2.17 bits per heavy atom. The van der Waals surface area contributed by atoms with Crippen LogP contribution >= 0.6 is 0 Å². The van der Waals surface area contributed by atoms with Crippen LogP contribution < -0.4 is 0 Å².